The Bertz CT molecular complexity index is 860. The molecule has 0 aliphatic carbocycles. The van der Waals surface area contributed by atoms with Crippen LogP contribution in [-0.2, 0) is 4.79 Å². The molecule has 0 aliphatic heterocycles. The van der Waals surface area contributed by atoms with Crippen molar-refractivity contribution in [3.63, 3.8) is 0 Å². The molecule has 0 aliphatic rings. The van der Waals surface area contributed by atoms with Crippen LogP contribution < -0.4 is 20.3 Å². The molecule has 158 valence electrons. The van der Waals surface area contributed by atoms with E-state index in [1.165, 1.54) is 17.9 Å². The van der Waals surface area contributed by atoms with E-state index in [2.05, 4.69) is 29.2 Å². The Kier molecular flexibility index (Phi) is 8.21. The highest BCUT2D eigenvalue weighted by Crippen LogP contribution is 2.28. The van der Waals surface area contributed by atoms with Crippen LogP contribution in [0.5, 0.6) is 11.5 Å². The van der Waals surface area contributed by atoms with Crippen molar-refractivity contribution < 1.29 is 14.3 Å². The zero-order valence-electron chi connectivity index (χ0n) is 17.8. The van der Waals surface area contributed by atoms with Gasteiger partial charge in [0.2, 0.25) is 5.91 Å². The minimum atomic E-state index is -0.748. The monoisotopic (exact) mass is 402 g/mol. The van der Waals surface area contributed by atoms with Crippen LogP contribution in [-0.4, -0.2) is 61.0 Å². The van der Waals surface area contributed by atoms with Gasteiger partial charge in [0.25, 0.3) is 5.56 Å². The summed E-state index contributed by atoms with van der Waals surface area (Å²) in [5, 5.41) is 7.31. The molecule has 1 aromatic heterocycles. The number of methoxy groups -OCH3 is 2. The van der Waals surface area contributed by atoms with E-state index in [9.17, 15) is 9.59 Å². The zero-order valence-corrected chi connectivity index (χ0v) is 17.8. The van der Waals surface area contributed by atoms with Crippen molar-refractivity contribution in [2.24, 2.45) is 0 Å². The molecule has 1 atom stereocenters. The van der Waals surface area contributed by atoms with Gasteiger partial charge >= 0.3 is 0 Å². The van der Waals surface area contributed by atoms with Gasteiger partial charge in [-0.05, 0) is 44.3 Å². The van der Waals surface area contributed by atoms with Crippen molar-refractivity contribution in [3.8, 4) is 22.8 Å². The fourth-order valence-corrected chi connectivity index (χ4v) is 2.97. The molecule has 0 spiro atoms. The molecule has 8 nitrogen and oxygen atoms in total. The first-order chi connectivity index (χ1) is 13.9. The van der Waals surface area contributed by atoms with Gasteiger partial charge in [0.15, 0.2) is 5.75 Å². The molecule has 0 bridgehead atoms. The van der Waals surface area contributed by atoms with E-state index in [-0.39, 0.29) is 5.91 Å². The number of nitrogens with one attached hydrogen (secondary N) is 1. The van der Waals surface area contributed by atoms with Crippen LogP contribution in [0.3, 0.4) is 0 Å². The summed E-state index contributed by atoms with van der Waals surface area (Å²) in [6.45, 7) is 8.93. The van der Waals surface area contributed by atoms with Crippen molar-refractivity contribution in [3.05, 3.63) is 40.7 Å². The van der Waals surface area contributed by atoms with Gasteiger partial charge in [-0.1, -0.05) is 13.8 Å². The lowest BCUT2D eigenvalue weighted by atomic mass is 10.1. The molecule has 1 aromatic carbocycles. The van der Waals surface area contributed by atoms with E-state index in [0.29, 0.717) is 23.7 Å². The van der Waals surface area contributed by atoms with Gasteiger partial charge in [0, 0.05) is 24.7 Å². The maximum atomic E-state index is 12.6. The number of benzene rings is 1. The average molecular weight is 402 g/mol. The highest BCUT2D eigenvalue weighted by atomic mass is 16.5. The quantitative estimate of drug-likeness (QED) is 0.654. The third kappa shape index (κ3) is 5.57. The van der Waals surface area contributed by atoms with Gasteiger partial charge in [-0.3, -0.25) is 9.59 Å². The van der Waals surface area contributed by atoms with Crippen molar-refractivity contribution in [1.29, 1.82) is 0 Å². The fourth-order valence-electron chi connectivity index (χ4n) is 2.97. The Morgan fingerprint density at radius 2 is 1.83 bits per heavy atom. The number of carbonyl (C=O) groups excluding carboxylic acids is 1. The fraction of sp³-hybridized carbons (Fsp3) is 0.476. The molecular formula is C21H30N4O4. The molecule has 0 saturated heterocycles. The summed E-state index contributed by atoms with van der Waals surface area (Å²) < 4.78 is 11.7. The zero-order chi connectivity index (χ0) is 21.4. The predicted octanol–water partition coefficient (Wildman–Crippen LogP) is 1.95. The molecular weight excluding hydrogens is 372 g/mol. The van der Waals surface area contributed by atoms with Gasteiger partial charge in [0.05, 0.1) is 14.2 Å². The van der Waals surface area contributed by atoms with Crippen LogP contribution in [0.1, 0.15) is 26.8 Å². The molecule has 1 amide bonds. The Morgan fingerprint density at radius 1 is 1.17 bits per heavy atom. The normalized spacial score (nSPS) is 11.9. The Labute approximate surface area is 171 Å². The highest BCUT2D eigenvalue weighted by Gasteiger charge is 2.20. The largest absolute Gasteiger partial charge is 0.497 e. The average Bonchev–Trinajstić information content (AvgIpc) is 2.76. The number of rotatable bonds is 10. The number of hydrogen-bond donors (Lipinski definition) is 1. The third-order valence-electron chi connectivity index (χ3n) is 4.87. The second kappa shape index (κ2) is 10.6. The lowest BCUT2D eigenvalue weighted by Gasteiger charge is -2.20. The molecule has 1 N–H and O–H groups in total. The van der Waals surface area contributed by atoms with Gasteiger partial charge in [0.1, 0.15) is 17.5 Å². The third-order valence-corrected chi connectivity index (χ3v) is 4.87. The maximum absolute atomic E-state index is 12.6. The summed E-state index contributed by atoms with van der Waals surface area (Å²) in [5.74, 6) is 0.810. The van der Waals surface area contributed by atoms with Gasteiger partial charge in [-0.15, -0.1) is 0 Å². The van der Waals surface area contributed by atoms with Crippen molar-refractivity contribution in [1.82, 2.24) is 20.0 Å². The molecule has 29 heavy (non-hydrogen) atoms. The minimum Gasteiger partial charge on any atom is -0.497 e. The summed E-state index contributed by atoms with van der Waals surface area (Å²) in [7, 11) is 3.08. The Hall–Kier alpha value is -2.87. The number of amides is 1. The summed E-state index contributed by atoms with van der Waals surface area (Å²) in [6.07, 6.45) is 0. The number of hydrogen-bond acceptors (Lipinski definition) is 6. The molecule has 0 fully saturated rings. The van der Waals surface area contributed by atoms with Crippen LogP contribution in [0.25, 0.3) is 11.3 Å². The first-order valence-corrected chi connectivity index (χ1v) is 9.77. The van der Waals surface area contributed by atoms with E-state index < -0.39 is 11.6 Å². The lowest BCUT2D eigenvalue weighted by molar-refractivity contribution is -0.124. The molecule has 8 heteroatoms. The number of carbonyl (C=O) groups is 1. The maximum Gasteiger partial charge on any atom is 0.271 e. The van der Waals surface area contributed by atoms with E-state index in [4.69, 9.17) is 9.47 Å². The smallest absolute Gasteiger partial charge is 0.271 e. The van der Waals surface area contributed by atoms with Gasteiger partial charge in [-0.25, -0.2) is 4.68 Å². The summed E-state index contributed by atoms with van der Waals surface area (Å²) >= 11 is 0. The predicted molar refractivity (Wildman–Crippen MR) is 113 cm³/mol. The number of likely N-dealkylation sites (N-methyl/N-ethyl adjacent to an activating group) is 1. The van der Waals surface area contributed by atoms with E-state index in [0.717, 1.165) is 25.2 Å². The highest BCUT2D eigenvalue weighted by molar-refractivity contribution is 5.79. The van der Waals surface area contributed by atoms with Gasteiger partial charge < -0.3 is 19.7 Å². The number of nitrogens with zero attached hydrogens (tertiary/aromatic N) is 3. The summed E-state index contributed by atoms with van der Waals surface area (Å²) in [6, 6.07) is 7.86. The van der Waals surface area contributed by atoms with Crippen LogP contribution in [0, 0.1) is 0 Å². The van der Waals surface area contributed by atoms with Crippen LogP contribution in [0.15, 0.2) is 35.1 Å². The van der Waals surface area contributed by atoms with E-state index in [1.807, 2.05) is 12.1 Å². The van der Waals surface area contributed by atoms with Gasteiger partial charge in [-0.2, -0.15) is 5.10 Å². The topological polar surface area (TPSA) is 85.7 Å². The first-order valence-electron chi connectivity index (χ1n) is 9.77. The molecule has 0 saturated carbocycles. The second-order valence-electron chi connectivity index (χ2n) is 6.57. The van der Waals surface area contributed by atoms with Crippen LogP contribution >= 0.6 is 0 Å². The molecule has 2 rings (SSSR count). The Morgan fingerprint density at radius 3 is 2.38 bits per heavy atom. The molecule has 1 heterocycles. The second-order valence-corrected chi connectivity index (χ2v) is 6.57. The summed E-state index contributed by atoms with van der Waals surface area (Å²) in [4.78, 5) is 27.3. The molecule has 2 aromatic rings. The number of ether oxygens (including phenoxy) is 2. The van der Waals surface area contributed by atoms with Crippen LogP contribution in [0.4, 0.5) is 0 Å². The van der Waals surface area contributed by atoms with Crippen LogP contribution in [0.2, 0.25) is 0 Å². The molecule has 0 radical (unpaired) electrons. The first kappa shape index (κ1) is 22.4. The van der Waals surface area contributed by atoms with Crippen molar-refractivity contribution in [2.45, 2.75) is 26.8 Å². The SMILES string of the molecule is CCN(CC)CCNC(=O)[C@@H](C)n1nc(-c2ccc(OC)cc2)c(OC)cc1=O. The lowest BCUT2D eigenvalue weighted by Crippen LogP contribution is -2.40. The van der Waals surface area contributed by atoms with E-state index >= 15 is 0 Å². The Balaban J connectivity index is 2.25. The molecule has 0 unspecified atom stereocenters. The van der Waals surface area contributed by atoms with E-state index in [1.54, 1.807) is 26.2 Å². The summed E-state index contributed by atoms with van der Waals surface area (Å²) in [5.41, 5.74) is 0.841. The number of aromatic nitrogens is 2. The standard InChI is InChI=1S/C21H30N4O4/c1-6-24(7-2)13-12-22-21(27)15(3)25-19(26)14-18(29-5)20(23-25)16-8-10-17(28-4)11-9-16/h8-11,14-15H,6-7,12-13H2,1-5H3,(H,22,27)/t15-/m1/s1. The minimum absolute atomic E-state index is 0.252. The van der Waals surface area contributed by atoms with Crippen molar-refractivity contribution in [2.75, 3.05) is 40.4 Å². The van der Waals surface area contributed by atoms with Crippen molar-refractivity contribution >= 4 is 5.91 Å².